The van der Waals surface area contributed by atoms with Gasteiger partial charge in [0.05, 0.1) is 15.7 Å². The van der Waals surface area contributed by atoms with E-state index in [-0.39, 0.29) is 5.75 Å². The minimum Gasteiger partial charge on any atom is -0.507 e. The van der Waals surface area contributed by atoms with Crippen molar-refractivity contribution in [1.82, 2.24) is 4.09 Å². The van der Waals surface area contributed by atoms with Gasteiger partial charge >= 0.3 is 7.82 Å². The highest BCUT2D eigenvalue weighted by Crippen LogP contribution is 2.41. The predicted octanol–water partition coefficient (Wildman–Crippen LogP) is 3.85. The SMILES string of the molecule is O=P(O)(O)O.Oc1ccccc1-c1c(Br)c2ccccc2n1Cl. The van der Waals surface area contributed by atoms with Crippen molar-refractivity contribution in [1.29, 1.82) is 0 Å². The second-order valence-corrected chi connectivity index (χ2v) is 6.65. The first-order valence-electron chi connectivity index (χ1n) is 6.22. The summed E-state index contributed by atoms with van der Waals surface area (Å²) in [5, 5.41) is 11.0. The summed E-state index contributed by atoms with van der Waals surface area (Å²) in [6.45, 7) is 0. The fourth-order valence-corrected chi connectivity index (χ4v) is 3.21. The first-order chi connectivity index (χ1) is 10.7. The zero-order valence-corrected chi connectivity index (χ0v) is 14.7. The number of nitrogens with zero attached hydrogens (tertiary/aromatic N) is 1. The quantitative estimate of drug-likeness (QED) is 0.448. The van der Waals surface area contributed by atoms with Gasteiger partial charge in [-0.1, -0.05) is 30.3 Å². The molecule has 0 bridgehead atoms. The average molecular weight is 421 g/mol. The fourth-order valence-electron chi connectivity index (χ4n) is 2.06. The number of aromatic nitrogens is 1. The lowest BCUT2D eigenvalue weighted by atomic mass is 10.1. The predicted molar refractivity (Wildman–Crippen MR) is 92.3 cm³/mol. The molecule has 0 unspecified atom stereocenters. The summed E-state index contributed by atoms with van der Waals surface area (Å²) in [5.41, 5.74) is 2.37. The number of phosphoric acid groups is 1. The third kappa shape index (κ3) is 4.35. The molecule has 0 aliphatic heterocycles. The number of benzene rings is 2. The van der Waals surface area contributed by atoms with E-state index < -0.39 is 7.82 Å². The van der Waals surface area contributed by atoms with Crippen LogP contribution in [0.1, 0.15) is 0 Å². The number of phenolic OH excluding ortho intramolecular Hbond substituents is 1. The van der Waals surface area contributed by atoms with Crippen molar-refractivity contribution in [2.75, 3.05) is 0 Å². The zero-order chi connectivity index (χ0) is 17.2. The smallest absolute Gasteiger partial charge is 0.466 e. The molecule has 1 aromatic heterocycles. The van der Waals surface area contributed by atoms with Gasteiger partial charge in [-0.2, -0.15) is 0 Å². The Kier molecular flexibility index (Phi) is 5.52. The highest BCUT2D eigenvalue weighted by Gasteiger charge is 2.17. The lowest BCUT2D eigenvalue weighted by molar-refractivity contribution is 0.275. The molecule has 0 fully saturated rings. The van der Waals surface area contributed by atoms with Crippen LogP contribution in [-0.2, 0) is 4.57 Å². The molecule has 9 heteroatoms. The third-order valence-electron chi connectivity index (χ3n) is 2.92. The number of halogens is 2. The average Bonchev–Trinajstić information content (AvgIpc) is 2.71. The molecule has 23 heavy (non-hydrogen) atoms. The van der Waals surface area contributed by atoms with Crippen LogP contribution in [-0.4, -0.2) is 23.9 Å². The van der Waals surface area contributed by atoms with Crippen molar-refractivity contribution < 1.29 is 24.4 Å². The summed E-state index contributed by atoms with van der Waals surface area (Å²) < 4.78 is 11.3. The van der Waals surface area contributed by atoms with Gasteiger partial charge in [-0.3, -0.25) is 4.09 Å². The van der Waals surface area contributed by atoms with Gasteiger partial charge in [0.25, 0.3) is 0 Å². The molecule has 0 spiro atoms. The standard InChI is InChI=1S/C14H9BrClNO.H3O4P/c15-13-9-5-1-3-7-11(9)17(16)14(13)10-6-2-4-8-12(10)18;1-5(2,3)4/h1-8,18H;(H3,1,2,3,4). The molecule has 0 saturated carbocycles. The van der Waals surface area contributed by atoms with Gasteiger partial charge in [0.15, 0.2) is 0 Å². The largest absolute Gasteiger partial charge is 0.507 e. The maximum absolute atomic E-state index is 9.95. The van der Waals surface area contributed by atoms with Crippen molar-refractivity contribution in [2.24, 2.45) is 0 Å². The van der Waals surface area contributed by atoms with Gasteiger partial charge in [0, 0.05) is 22.7 Å². The molecule has 122 valence electrons. The molecule has 0 saturated heterocycles. The Labute approximate surface area is 145 Å². The number of rotatable bonds is 1. The Balaban J connectivity index is 0.000000338. The highest BCUT2D eigenvalue weighted by atomic mass is 79.9. The van der Waals surface area contributed by atoms with Gasteiger partial charge in [-0.15, -0.1) is 0 Å². The molecule has 0 aliphatic rings. The van der Waals surface area contributed by atoms with Crippen molar-refractivity contribution in [2.45, 2.75) is 0 Å². The van der Waals surface area contributed by atoms with E-state index in [0.717, 1.165) is 21.1 Å². The van der Waals surface area contributed by atoms with E-state index in [4.69, 9.17) is 31.0 Å². The van der Waals surface area contributed by atoms with Gasteiger partial charge in [0.1, 0.15) is 5.75 Å². The monoisotopic (exact) mass is 419 g/mol. The third-order valence-corrected chi connectivity index (χ3v) is 4.07. The molecular formula is C14H12BrClNO5P. The van der Waals surface area contributed by atoms with Gasteiger partial charge < -0.3 is 19.8 Å². The summed E-state index contributed by atoms with van der Waals surface area (Å²) in [6.07, 6.45) is 0. The van der Waals surface area contributed by atoms with E-state index in [0.29, 0.717) is 5.56 Å². The molecule has 3 aromatic rings. The van der Waals surface area contributed by atoms with Crippen molar-refractivity contribution in [3.8, 4) is 17.0 Å². The number of para-hydroxylation sites is 2. The van der Waals surface area contributed by atoms with Crippen LogP contribution in [0, 0.1) is 0 Å². The van der Waals surface area contributed by atoms with Crippen molar-refractivity contribution >= 4 is 46.4 Å². The van der Waals surface area contributed by atoms with Gasteiger partial charge in [-0.25, -0.2) is 4.57 Å². The number of hydrogen-bond acceptors (Lipinski definition) is 2. The van der Waals surface area contributed by atoms with Crippen LogP contribution in [0.15, 0.2) is 53.0 Å². The van der Waals surface area contributed by atoms with Crippen LogP contribution >= 0.6 is 35.5 Å². The second-order valence-electron chi connectivity index (χ2n) is 4.49. The minimum atomic E-state index is -4.64. The van der Waals surface area contributed by atoms with Gasteiger partial charge in [-0.05, 0) is 34.1 Å². The number of aromatic hydroxyl groups is 1. The lowest BCUT2D eigenvalue weighted by Gasteiger charge is -2.05. The molecule has 6 nitrogen and oxygen atoms in total. The normalized spacial score (nSPS) is 11.2. The summed E-state index contributed by atoms with van der Waals surface area (Å²) in [6, 6.07) is 15.0. The Morgan fingerprint density at radius 1 is 1.00 bits per heavy atom. The second kappa shape index (κ2) is 7.05. The highest BCUT2D eigenvalue weighted by molar-refractivity contribution is 9.10. The van der Waals surface area contributed by atoms with Crippen LogP contribution < -0.4 is 0 Å². The van der Waals surface area contributed by atoms with E-state index in [9.17, 15) is 5.11 Å². The zero-order valence-electron chi connectivity index (χ0n) is 11.5. The Bertz CT molecular complexity index is 845. The fraction of sp³-hybridized carbons (Fsp3) is 0. The van der Waals surface area contributed by atoms with Gasteiger partial charge in [0.2, 0.25) is 0 Å². The summed E-state index contributed by atoms with van der Waals surface area (Å²) in [5.74, 6) is 0.211. The molecule has 3 rings (SSSR count). The van der Waals surface area contributed by atoms with Crippen LogP contribution in [0.2, 0.25) is 0 Å². The first-order valence-corrected chi connectivity index (χ1v) is 8.91. The van der Waals surface area contributed by atoms with Crippen LogP contribution in [0.4, 0.5) is 0 Å². The molecule has 0 atom stereocenters. The summed E-state index contributed by atoms with van der Waals surface area (Å²) in [4.78, 5) is 21.6. The number of fused-ring (bicyclic) bond motifs is 1. The minimum absolute atomic E-state index is 0.211. The molecule has 0 radical (unpaired) electrons. The molecule has 2 aromatic carbocycles. The topological polar surface area (TPSA) is 103 Å². The van der Waals surface area contributed by atoms with Crippen LogP contribution in [0.3, 0.4) is 0 Å². The Morgan fingerprint density at radius 2 is 1.52 bits per heavy atom. The number of hydrogen-bond donors (Lipinski definition) is 4. The molecule has 0 aliphatic carbocycles. The summed E-state index contributed by atoms with van der Waals surface area (Å²) in [7, 11) is -4.64. The van der Waals surface area contributed by atoms with Crippen LogP contribution in [0.5, 0.6) is 5.75 Å². The van der Waals surface area contributed by atoms with E-state index in [2.05, 4.69) is 15.9 Å². The molecule has 4 N–H and O–H groups in total. The number of phenols is 1. The van der Waals surface area contributed by atoms with E-state index in [1.54, 1.807) is 16.2 Å². The Morgan fingerprint density at radius 3 is 2.09 bits per heavy atom. The van der Waals surface area contributed by atoms with Crippen molar-refractivity contribution in [3.05, 3.63) is 53.0 Å². The van der Waals surface area contributed by atoms with E-state index in [1.165, 1.54) is 0 Å². The van der Waals surface area contributed by atoms with Crippen LogP contribution in [0.25, 0.3) is 22.2 Å². The van der Waals surface area contributed by atoms with E-state index in [1.807, 2.05) is 36.4 Å². The molecular weight excluding hydrogens is 408 g/mol. The lowest BCUT2D eigenvalue weighted by Crippen LogP contribution is -1.86. The molecule has 1 heterocycles. The van der Waals surface area contributed by atoms with Crippen molar-refractivity contribution in [3.63, 3.8) is 0 Å². The van der Waals surface area contributed by atoms with E-state index >= 15 is 0 Å². The first kappa shape index (κ1) is 18.0. The Hall–Kier alpha value is -1.34. The molecule has 0 amide bonds. The maximum atomic E-state index is 9.95. The maximum Gasteiger partial charge on any atom is 0.466 e. The summed E-state index contributed by atoms with van der Waals surface area (Å²) >= 11 is 9.90.